The zero-order valence-corrected chi connectivity index (χ0v) is 24.2. The van der Waals surface area contributed by atoms with Crippen molar-refractivity contribution in [2.45, 2.75) is 108 Å². The molecule has 13 heteroatoms. The molecule has 0 spiro atoms. The first-order valence-electron chi connectivity index (χ1n) is 11.6. The fourth-order valence-electron chi connectivity index (χ4n) is 3.53. The van der Waals surface area contributed by atoms with E-state index in [-0.39, 0.29) is 64.4 Å². The van der Waals surface area contributed by atoms with E-state index in [1.807, 2.05) is 0 Å². The van der Waals surface area contributed by atoms with Gasteiger partial charge in [-0.1, -0.05) is 58.3 Å². The number of carbonyl (C=O) groups excluding carboxylic acids is 1. The average Bonchev–Trinajstić information content (AvgIpc) is 2.75. The molecule has 34 heavy (non-hydrogen) atoms. The van der Waals surface area contributed by atoms with Gasteiger partial charge in [-0.05, 0) is 6.42 Å². The van der Waals surface area contributed by atoms with Crippen molar-refractivity contribution in [2.75, 3.05) is 19.0 Å². The molecule has 1 fully saturated rings. The van der Waals surface area contributed by atoms with Gasteiger partial charge in [-0.15, -0.1) is 0 Å². The van der Waals surface area contributed by atoms with Crippen LogP contribution in [0.1, 0.15) is 71.1 Å². The molecule has 4 N–H and O–H groups in total. The Balaban J connectivity index is 0.0000109. The molecule has 0 bridgehead atoms. The molecule has 1 aliphatic heterocycles. The molecule has 11 nitrogen and oxygen atoms in total. The van der Waals surface area contributed by atoms with E-state index in [4.69, 9.17) is 14.2 Å². The molecule has 0 aromatic heterocycles. The standard InChI is InChI=1S/C21H40O11S.K/c1-2-3-4-5-6-7-8-9-10-11-17(23)30-13-15(12-22)31-21-20(26)19(25)18(24)16(32-21)14-33(27,28)29;/h15-16,18-22,24-26H,2-14H2,1H3,(H,27,28,29);/q;+1/p-1/t15-,16+,18+,19-,20+,21+;/m0./s1. The van der Waals surface area contributed by atoms with Gasteiger partial charge in [-0.2, -0.15) is 0 Å². The third-order valence-corrected chi connectivity index (χ3v) is 6.22. The van der Waals surface area contributed by atoms with Crippen LogP contribution in [0.3, 0.4) is 0 Å². The quantitative estimate of drug-likeness (QED) is 0.0649. The van der Waals surface area contributed by atoms with Gasteiger partial charge in [-0.3, -0.25) is 4.79 Å². The van der Waals surface area contributed by atoms with Crippen LogP contribution in [0.15, 0.2) is 0 Å². The Morgan fingerprint density at radius 1 is 0.971 bits per heavy atom. The average molecular weight is 539 g/mol. The summed E-state index contributed by atoms with van der Waals surface area (Å²) in [5.74, 6) is -1.62. The second-order valence-corrected chi connectivity index (χ2v) is 9.89. The van der Waals surface area contributed by atoms with Crippen molar-refractivity contribution in [2.24, 2.45) is 0 Å². The number of ether oxygens (including phenoxy) is 3. The van der Waals surface area contributed by atoms with Gasteiger partial charge in [0, 0.05) is 6.42 Å². The monoisotopic (exact) mass is 538 g/mol. The van der Waals surface area contributed by atoms with Crippen LogP contribution in [0, 0.1) is 0 Å². The first kappa shape index (κ1) is 34.8. The van der Waals surface area contributed by atoms with E-state index in [0.29, 0.717) is 6.42 Å². The minimum absolute atomic E-state index is 0. The number of esters is 1. The van der Waals surface area contributed by atoms with E-state index in [2.05, 4.69) is 6.92 Å². The van der Waals surface area contributed by atoms with E-state index in [1.165, 1.54) is 32.1 Å². The van der Waals surface area contributed by atoms with Crippen molar-refractivity contribution in [3.63, 3.8) is 0 Å². The molecule has 1 heterocycles. The Morgan fingerprint density at radius 3 is 2.06 bits per heavy atom. The summed E-state index contributed by atoms with van der Waals surface area (Å²) in [6.45, 7) is 1.20. The molecule has 0 aliphatic carbocycles. The van der Waals surface area contributed by atoms with Crippen LogP contribution < -0.4 is 51.4 Å². The second kappa shape index (κ2) is 18.9. The molecule has 0 radical (unpaired) electrons. The second-order valence-electron chi connectivity index (χ2n) is 8.44. The van der Waals surface area contributed by atoms with Gasteiger partial charge >= 0.3 is 57.4 Å². The van der Waals surface area contributed by atoms with Gasteiger partial charge in [0.25, 0.3) is 0 Å². The van der Waals surface area contributed by atoms with E-state index >= 15 is 0 Å². The number of aliphatic hydroxyl groups is 4. The fourth-order valence-corrected chi connectivity index (χ4v) is 4.21. The number of unbranched alkanes of at least 4 members (excludes halogenated alkanes) is 8. The summed E-state index contributed by atoms with van der Waals surface area (Å²) in [7, 11) is -4.80. The summed E-state index contributed by atoms with van der Waals surface area (Å²) >= 11 is 0. The van der Waals surface area contributed by atoms with E-state index in [0.717, 1.165) is 19.3 Å². The van der Waals surface area contributed by atoms with Crippen LogP contribution in [0.2, 0.25) is 0 Å². The number of rotatable bonds is 17. The van der Waals surface area contributed by atoms with Crippen molar-refractivity contribution in [1.82, 2.24) is 0 Å². The molecule has 0 aromatic rings. The smallest absolute Gasteiger partial charge is 0.748 e. The third kappa shape index (κ3) is 14.5. The van der Waals surface area contributed by atoms with Crippen LogP contribution in [0.4, 0.5) is 0 Å². The van der Waals surface area contributed by atoms with E-state index in [9.17, 15) is 38.2 Å². The van der Waals surface area contributed by atoms with E-state index in [1.54, 1.807) is 0 Å². The molecule has 6 atom stereocenters. The van der Waals surface area contributed by atoms with Crippen molar-refractivity contribution in [3.8, 4) is 0 Å². The van der Waals surface area contributed by atoms with Crippen molar-refractivity contribution in [3.05, 3.63) is 0 Å². The third-order valence-electron chi connectivity index (χ3n) is 5.48. The first-order valence-corrected chi connectivity index (χ1v) is 13.2. The molecule has 196 valence electrons. The van der Waals surface area contributed by atoms with Crippen LogP contribution in [0.25, 0.3) is 0 Å². The summed E-state index contributed by atoms with van der Waals surface area (Å²) in [6.07, 6.45) is 0.297. The maximum absolute atomic E-state index is 11.9. The SMILES string of the molecule is CCCCCCCCCCCC(=O)OC[C@H](CO)O[C@@H]1O[C@H](CS(=O)(=O)[O-])[C@@H](O)[C@H](O)[C@H]1O.[K+]. The zero-order valence-electron chi connectivity index (χ0n) is 20.2. The van der Waals surface area contributed by atoms with Gasteiger partial charge in [0.15, 0.2) is 6.29 Å². The Kier molecular flexibility index (Phi) is 19.4. The molecule has 0 aromatic carbocycles. The van der Waals surface area contributed by atoms with Crippen LogP contribution in [-0.4, -0.2) is 95.1 Å². The van der Waals surface area contributed by atoms with Gasteiger partial charge in [0.2, 0.25) is 0 Å². The number of hydrogen-bond acceptors (Lipinski definition) is 11. The summed E-state index contributed by atoms with van der Waals surface area (Å²) in [5, 5.41) is 39.2. The van der Waals surface area contributed by atoms with Crippen molar-refractivity contribution < 1.29 is 104 Å². The predicted octanol–water partition coefficient (Wildman–Crippen LogP) is -2.82. The fraction of sp³-hybridized carbons (Fsp3) is 0.952. The Morgan fingerprint density at radius 2 is 1.53 bits per heavy atom. The van der Waals surface area contributed by atoms with Gasteiger partial charge < -0.3 is 39.2 Å². The van der Waals surface area contributed by atoms with Crippen LogP contribution >= 0.6 is 0 Å². The van der Waals surface area contributed by atoms with E-state index < -0.39 is 65.3 Å². The maximum Gasteiger partial charge on any atom is 1.00 e. The Hall–Kier alpha value is 0.776. The molecule has 0 unspecified atom stereocenters. The van der Waals surface area contributed by atoms with Gasteiger partial charge in [0.1, 0.15) is 37.1 Å². The minimum Gasteiger partial charge on any atom is -0.748 e. The molecule has 0 amide bonds. The topological polar surface area (TPSA) is 183 Å². The molecule has 1 saturated heterocycles. The summed E-state index contributed by atoms with van der Waals surface area (Å²) in [6, 6.07) is 0. The first-order chi connectivity index (χ1) is 15.6. The molecule has 1 aliphatic rings. The predicted molar refractivity (Wildman–Crippen MR) is 116 cm³/mol. The maximum atomic E-state index is 11.9. The summed E-state index contributed by atoms with van der Waals surface area (Å²) in [4.78, 5) is 11.9. The minimum atomic E-state index is -4.80. The van der Waals surface area contributed by atoms with Crippen LogP contribution in [-0.2, 0) is 29.1 Å². The summed E-state index contributed by atoms with van der Waals surface area (Å²) in [5.41, 5.74) is 0. The molecular formula is C21H39KO11S. The number of hydrogen-bond donors (Lipinski definition) is 4. The summed E-state index contributed by atoms with van der Waals surface area (Å²) < 4.78 is 48.4. The number of aliphatic hydroxyl groups excluding tert-OH is 4. The Bertz CT molecular complexity index is 649. The van der Waals surface area contributed by atoms with Gasteiger partial charge in [0.05, 0.1) is 22.5 Å². The normalized spacial score (nSPS) is 26.0. The molecule has 1 rings (SSSR count). The van der Waals surface area contributed by atoms with Gasteiger partial charge in [-0.25, -0.2) is 8.42 Å². The van der Waals surface area contributed by atoms with Crippen LogP contribution in [0.5, 0.6) is 0 Å². The molecular weight excluding hydrogens is 499 g/mol. The number of carbonyl (C=O) groups is 1. The largest absolute Gasteiger partial charge is 1.00 e. The van der Waals surface area contributed by atoms with Crippen molar-refractivity contribution in [1.29, 1.82) is 0 Å². The van der Waals surface area contributed by atoms with Crippen molar-refractivity contribution >= 4 is 16.1 Å². The molecule has 0 saturated carbocycles. The zero-order chi connectivity index (χ0) is 24.9. The Labute approximate surface area is 244 Å².